The molecule has 150 valence electrons. The second-order valence-electron chi connectivity index (χ2n) is 6.11. The number of rotatable bonds is 3. The van der Waals surface area contributed by atoms with Crippen LogP contribution in [-0.4, -0.2) is 29.1 Å². The molecular formula is C18H11Cl2N7O3. The number of aromatic amines is 1. The van der Waals surface area contributed by atoms with Crippen molar-refractivity contribution >= 4 is 40.1 Å². The third-order valence-corrected chi connectivity index (χ3v) is 4.99. The Labute approximate surface area is 177 Å². The Bertz CT molecular complexity index is 1520. The van der Waals surface area contributed by atoms with E-state index in [1.165, 1.54) is 29.1 Å². The van der Waals surface area contributed by atoms with Gasteiger partial charge in [0, 0.05) is 12.6 Å². The Balaban J connectivity index is 1.94. The SMILES string of the molecule is [C-]#[N+]c1nn(-c2cc(Cl)c(-n3ncc4c3ccc(=O)n4CC)c(Cl)c2)c(=O)[nH]c1=O. The lowest BCUT2D eigenvalue weighted by atomic mass is 10.2. The van der Waals surface area contributed by atoms with E-state index in [9.17, 15) is 14.4 Å². The maximum atomic E-state index is 12.1. The highest BCUT2D eigenvalue weighted by atomic mass is 35.5. The van der Waals surface area contributed by atoms with E-state index in [1.54, 1.807) is 10.6 Å². The monoisotopic (exact) mass is 443 g/mol. The molecule has 1 aromatic carbocycles. The molecule has 4 aromatic rings. The summed E-state index contributed by atoms with van der Waals surface area (Å²) in [7, 11) is 0. The van der Waals surface area contributed by atoms with E-state index in [1.807, 2.05) is 11.9 Å². The normalized spacial score (nSPS) is 11.0. The molecule has 30 heavy (non-hydrogen) atoms. The van der Waals surface area contributed by atoms with Crippen molar-refractivity contribution < 1.29 is 0 Å². The minimum Gasteiger partial charge on any atom is -0.354 e. The minimum atomic E-state index is -0.884. The van der Waals surface area contributed by atoms with Crippen LogP contribution in [-0.2, 0) is 6.54 Å². The molecule has 0 saturated carbocycles. The van der Waals surface area contributed by atoms with Crippen LogP contribution in [0.1, 0.15) is 6.92 Å². The third-order valence-electron chi connectivity index (χ3n) is 4.42. The van der Waals surface area contributed by atoms with E-state index >= 15 is 0 Å². The van der Waals surface area contributed by atoms with Gasteiger partial charge >= 0.3 is 11.5 Å². The van der Waals surface area contributed by atoms with Crippen LogP contribution >= 0.6 is 23.2 Å². The van der Waals surface area contributed by atoms with Crippen LogP contribution < -0.4 is 16.8 Å². The summed E-state index contributed by atoms with van der Waals surface area (Å²) in [6.45, 7) is 9.30. The molecule has 0 bridgehead atoms. The van der Waals surface area contributed by atoms with Gasteiger partial charge in [0.1, 0.15) is 5.69 Å². The number of nitrogens with one attached hydrogen (secondary N) is 1. The van der Waals surface area contributed by atoms with E-state index in [-0.39, 0.29) is 21.3 Å². The quantitative estimate of drug-likeness (QED) is 0.488. The Kier molecular flexibility index (Phi) is 4.77. The summed E-state index contributed by atoms with van der Waals surface area (Å²) in [4.78, 5) is 40.7. The standard InChI is InChI=1S/C18H11Cl2N7O3/c1-3-25-13-8-22-27(12(13)4-5-14(25)28)15-10(19)6-9(7-11(15)20)26-18(30)23-17(29)16(21-2)24-26/h4-8H,3H2,1H3,(H,23,29,30). The van der Waals surface area contributed by atoms with Crippen LogP contribution in [0.4, 0.5) is 5.82 Å². The van der Waals surface area contributed by atoms with Gasteiger partial charge in [-0.3, -0.25) is 14.6 Å². The summed E-state index contributed by atoms with van der Waals surface area (Å²) in [6, 6.07) is 5.86. The molecule has 0 atom stereocenters. The highest BCUT2D eigenvalue weighted by Crippen LogP contribution is 2.32. The van der Waals surface area contributed by atoms with Crippen LogP contribution in [0.5, 0.6) is 0 Å². The highest BCUT2D eigenvalue weighted by molar-refractivity contribution is 6.38. The van der Waals surface area contributed by atoms with E-state index in [0.717, 1.165) is 4.68 Å². The van der Waals surface area contributed by atoms with Crippen molar-refractivity contribution in [2.45, 2.75) is 13.5 Å². The van der Waals surface area contributed by atoms with Gasteiger partial charge in [0.25, 0.3) is 11.1 Å². The summed E-state index contributed by atoms with van der Waals surface area (Å²) in [5, 5.41) is 8.34. The van der Waals surface area contributed by atoms with Crippen LogP contribution in [0.3, 0.4) is 0 Å². The van der Waals surface area contributed by atoms with Gasteiger partial charge in [-0.05, 0) is 30.2 Å². The number of benzene rings is 1. The molecule has 3 aromatic heterocycles. The largest absolute Gasteiger partial charge is 0.365 e. The molecule has 12 heteroatoms. The van der Waals surface area contributed by atoms with E-state index < -0.39 is 17.1 Å². The van der Waals surface area contributed by atoms with Gasteiger partial charge in [0.05, 0.1) is 33.0 Å². The second kappa shape index (κ2) is 7.29. The van der Waals surface area contributed by atoms with Crippen molar-refractivity contribution in [2.24, 2.45) is 0 Å². The molecule has 4 rings (SSSR count). The molecule has 0 unspecified atom stereocenters. The predicted molar refractivity (Wildman–Crippen MR) is 111 cm³/mol. The fraction of sp³-hybridized carbons (Fsp3) is 0.111. The lowest BCUT2D eigenvalue weighted by Gasteiger charge is -2.11. The zero-order chi connectivity index (χ0) is 21.6. The van der Waals surface area contributed by atoms with Gasteiger partial charge < -0.3 is 9.41 Å². The molecule has 0 aliphatic heterocycles. The van der Waals surface area contributed by atoms with Gasteiger partial charge in [0.2, 0.25) is 0 Å². The van der Waals surface area contributed by atoms with Crippen molar-refractivity contribution in [1.82, 2.24) is 29.1 Å². The average Bonchev–Trinajstić information content (AvgIpc) is 3.11. The molecule has 0 saturated heterocycles. The van der Waals surface area contributed by atoms with E-state index in [2.05, 4.69) is 15.0 Å². The predicted octanol–water partition coefficient (Wildman–Crippen LogP) is 2.30. The molecule has 3 heterocycles. The summed E-state index contributed by atoms with van der Waals surface area (Å²) in [5.41, 5.74) is -0.169. The lowest BCUT2D eigenvalue weighted by molar-refractivity contribution is 0.759. The molecule has 0 aliphatic carbocycles. The topological polar surface area (TPSA) is 112 Å². The van der Waals surface area contributed by atoms with Crippen molar-refractivity contribution in [3.63, 3.8) is 0 Å². The summed E-state index contributed by atoms with van der Waals surface area (Å²) < 4.78 is 3.87. The highest BCUT2D eigenvalue weighted by Gasteiger charge is 2.19. The van der Waals surface area contributed by atoms with Crippen LogP contribution in [0.2, 0.25) is 10.0 Å². The van der Waals surface area contributed by atoms with Gasteiger partial charge in [-0.15, -0.1) is 4.68 Å². The first-order valence-electron chi connectivity index (χ1n) is 8.54. The van der Waals surface area contributed by atoms with Crippen LogP contribution in [0, 0.1) is 6.57 Å². The van der Waals surface area contributed by atoms with Gasteiger partial charge in [0.15, 0.2) is 0 Å². The summed E-state index contributed by atoms with van der Waals surface area (Å²) in [5.74, 6) is -0.499. The number of aryl methyl sites for hydroxylation is 1. The smallest absolute Gasteiger partial charge is 0.354 e. The number of fused-ring (bicyclic) bond motifs is 1. The maximum absolute atomic E-state index is 12.1. The zero-order valence-corrected chi connectivity index (χ0v) is 16.8. The Morgan fingerprint density at radius 3 is 2.43 bits per heavy atom. The first kappa shape index (κ1) is 19.6. The molecule has 0 radical (unpaired) electrons. The molecule has 0 spiro atoms. The van der Waals surface area contributed by atoms with Crippen molar-refractivity contribution in [1.29, 1.82) is 0 Å². The molecular weight excluding hydrogens is 433 g/mol. The number of aromatic nitrogens is 6. The van der Waals surface area contributed by atoms with E-state index in [4.69, 9.17) is 29.8 Å². The lowest BCUT2D eigenvalue weighted by Crippen LogP contribution is -2.30. The number of H-pyrrole nitrogens is 1. The fourth-order valence-corrected chi connectivity index (χ4v) is 3.73. The minimum absolute atomic E-state index is 0.140. The molecule has 0 amide bonds. The fourth-order valence-electron chi connectivity index (χ4n) is 3.09. The summed E-state index contributed by atoms with van der Waals surface area (Å²) in [6.07, 6.45) is 1.54. The third kappa shape index (κ3) is 3.01. The molecule has 0 fully saturated rings. The molecule has 0 aliphatic rings. The number of halogens is 2. The van der Waals surface area contributed by atoms with E-state index in [0.29, 0.717) is 23.3 Å². The Morgan fingerprint density at radius 1 is 1.10 bits per heavy atom. The number of hydrogen-bond donors (Lipinski definition) is 1. The van der Waals surface area contributed by atoms with Gasteiger partial charge in [-0.2, -0.15) is 5.10 Å². The van der Waals surface area contributed by atoms with Gasteiger partial charge in [-0.25, -0.2) is 9.48 Å². The molecule has 1 N–H and O–H groups in total. The number of nitrogens with zero attached hydrogens (tertiary/aromatic N) is 6. The first-order valence-corrected chi connectivity index (χ1v) is 9.29. The van der Waals surface area contributed by atoms with Crippen LogP contribution in [0.15, 0.2) is 44.8 Å². The average molecular weight is 444 g/mol. The summed E-state index contributed by atoms with van der Waals surface area (Å²) >= 11 is 12.9. The Morgan fingerprint density at radius 2 is 1.80 bits per heavy atom. The second-order valence-corrected chi connectivity index (χ2v) is 6.92. The van der Waals surface area contributed by atoms with Crippen molar-refractivity contribution in [3.8, 4) is 11.4 Å². The van der Waals surface area contributed by atoms with Gasteiger partial charge in [-0.1, -0.05) is 29.8 Å². The zero-order valence-electron chi connectivity index (χ0n) is 15.3. The maximum Gasteiger partial charge on any atom is 0.365 e. The number of hydrogen-bond acceptors (Lipinski definition) is 5. The molecule has 10 nitrogen and oxygen atoms in total. The number of pyridine rings is 1. The first-order chi connectivity index (χ1) is 14.3. The van der Waals surface area contributed by atoms with Crippen molar-refractivity contribution in [2.75, 3.05) is 0 Å². The van der Waals surface area contributed by atoms with Crippen molar-refractivity contribution in [3.05, 3.63) is 83.1 Å². The Hall–Kier alpha value is -3.68. The van der Waals surface area contributed by atoms with Crippen LogP contribution in [0.25, 0.3) is 27.3 Å².